The second kappa shape index (κ2) is 4.41. The van der Waals surface area contributed by atoms with Gasteiger partial charge in [-0.3, -0.25) is 0 Å². The number of likely N-dealkylation sites (N-methyl/N-ethyl adjacent to an activating group) is 1. The van der Waals surface area contributed by atoms with Gasteiger partial charge < -0.3 is 0 Å². The molecular formula is C9H13F3NO+. The number of quaternary nitrogens is 1. The van der Waals surface area contributed by atoms with E-state index < -0.39 is 23.1 Å². The second-order valence-electron chi connectivity index (χ2n) is 3.18. The van der Waals surface area contributed by atoms with Crippen LogP contribution in [0.3, 0.4) is 0 Å². The van der Waals surface area contributed by atoms with Crippen LogP contribution in [0.2, 0.25) is 0 Å². The quantitative estimate of drug-likeness (QED) is 0.392. The second-order valence-corrected chi connectivity index (χ2v) is 3.18. The van der Waals surface area contributed by atoms with Gasteiger partial charge >= 0.3 is 12.1 Å². The van der Waals surface area contributed by atoms with E-state index in [1.54, 1.807) is 0 Å². The number of halogens is 3. The lowest BCUT2D eigenvalue weighted by molar-refractivity contribution is -0.838. The van der Waals surface area contributed by atoms with E-state index in [-0.39, 0.29) is 6.54 Å². The fourth-order valence-electron chi connectivity index (χ4n) is 1.13. The average Bonchev–Trinajstić information content (AvgIpc) is 2.00. The SMILES string of the molecule is C=CC[N+](C)(CC(F)(F)F)C(=O)C=C. The van der Waals surface area contributed by atoms with Crippen molar-refractivity contribution in [1.82, 2.24) is 0 Å². The molecule has 1 atom stereocenters. The minimum Gasteiger partial charge on any atom is -0.248 e. The van der Waals surface area contributed by atoms with Crippen molar-refractivity contribution in [2.45, 2.75) is 6.18 Å². The van der Waals surface area contributed by atoms with E-state index in [0.29, 0.717) is 0 Å². The fraction of sp³-hybridized carbons (Fsp3) is 0.444. The van der Waals surface area contributed by atoms with Crippen molar-refractivity contribution in [3.05, 3.63) is 25.3 Å². The summed E-state index contributed by atoms with van der Waals surface area (Å²) < 4.78 is 35.6. The largest absolute Gasteiger partial charge is 0.438 e. The smallest absolute Gasteiger partial charge is 0.248 e. The first-order valence-corrected chi connectivity index (χ1v) is 3.94. The highest BCUT2D eigenvalue weighted by Crippen LogP contribution is 2.21. The topological polar surface area (TPSA) is 17.1 Å². The highest BCUT2D eigenvalue weighted by Gasteiger charge is 2.42. The summed E-state index contributed by atoms with van der Waals surface area (Å²) in [6, 6.07) is 0. The van der Waals surface area contributed by atoms with E-state index in [9.17, 15) is 18.0 Å². The number of hydrogen-bond acceptors (Lipinski definition) is 1. The van der Waals surface area contributed by atoms with Crippen molar-refractivity contribution >= 4 is 5.91 Å². The van der Waals surface area contributed by atoms with E-state index in [1.807, 2.05) is 0 Å². The van der Waals surface area contributed by atoms with E-state index in [0.717, 1.165) is 6.08 Å². The van der Waals surface area contributed by atoms with E-state index >= 15 is 0 Å². The maximum absolute atomic E-state index is 12.1. The Labute approximate surface area is 80.9 Å². The van der Waals surface area contributed by atoms with Crippen LogP contribution in [-0.2, 0) is 4.79 Å². The number of carbonyl (C=O) groups excluding carboxylic acids is 1. The molecule has 0 bridgehead atoms. The lowest BCUT2D eigenvalue weighted by atomic mass is 10.3. The van der Waals surface area contributed by atoms with Gasteiger partial charge in [0.1, 0.15) is 6.54 Å². The molecule has 0 saturated carbocycles. The molecule has 0 aromatic carbocycles. The fourth-order valence-corrected chi connectivity index (χ4v) is 1.13. The molecule has 0 spiro atoms. The van der Waals surface area contributed by atoms with E-state index in [4.69, 9.17) is 0 Å². The maximum atomic E-state index is 12.1. The average molecular weight is 208 g/mol. The first-order valence-electron chi connectivity index (χ1n) is 3.94. The third kappa shape index (κ3) is 3.74. The van der Waals surface area contributed by atoms with Crippen LogP contribution in [0.5, 0.6) is 0 Å². The first-order chi connectivity index (χ1) is 6.25. The highest BCUT2D eigenvalue weighted by atomic mass is 19.4. The zero-order valence-corrected chi connectivity index (χ0v) is 7.97. The molecule has 80 valence electrons. The molecular weight excluding hydrogens is 195 g/mol. The number of carbonyl (C=O) groups is 1. The van der Waals surface area contributed by atoms with Crippen molar-refractivity contribution < 1.29 is 22.4 Å². The molecule has 0 aromatic rings. The van der Waals surface area contributed by atoms with Crippen molar-refractivity contribution in [2.24, 2.45) is 0 Å². The summed E-state index contributed by atoms with van der Waals surface area (Å²) >= 11 is 0. The van der Waals surface area contributed by atoms with Gasteiger partial charge in [0.15, 0.2) is 6.54 Å². The van der Waals surface area contributed by atoms with Crippen LogP contribution in [0.25, 0.3) is 0 Å². The van der Waals surface area contributed by atoms with E-state index in [1.165, 1.54) is 13.1 Å². The molecule has 0 saturated heterocycles. The third-order valence-electron chi connectivity index (χ3n) is 1.77. The number of nitrogens with zero attached hydrogens (tertiary/aromatic N) is 1. The van der Waals surface area contributed by atoms with Crippen LogP contribution < -0.4 is 0 Å². The molecule has 1 amide bonds. The normalized spacial score (nSPS) is 15.7. The molecule has 0 N–H and O–H groups in total. The summed E-state index contributed by atoms with van der Waals surface area (Å²) in [5.74, 6) is -0.665. The van der Waals surface area contributed by atoms with Crippen LogP contribution in [-0.4, -0.2) is 36.7 Å². The molecule has 0 radical (unpaired) electrons. The van der Waals surface area contributed by atoms with Crippen LogP contribution >= 0.6 is 0 Å². The van der Waals surface area contributed by atoms with Crippen molar-refractivity contribution in [3.8, 4) is 0 Å². The Morgan fingerprint density at radius 3 is 2.21 bits per heavy atom. The molecule has 0 aromatic heterocycles. The predicted molar refractivity (Wildman–Crippen MR) is 47.4 cm³/mol. The van der Waals surface area contributed by atoms with Crippen LogP contribution in [0.1, 0.15) is 0 Å². The molecule has 0 aliphatic heterocycles. The van der Waals surface area contributed by atoms with Crippen LogP contribution in [0.15, 0.2) is 25.3 Å². The first kappa shape index (κ1) is 12.9. The molecule has 0 aliphatic carbocycles. The molecule has 0 heterocycles. The van der Waals surface area contributed by atoms with Gasteiger partial charge in [0, 0.05) is 6.08 Å². The number of alkyl halides is 3. The van der Waals surface area contributed by atoms with Crippen molar-refractivity contribution in [2.75, 3.05) is 20.1 Å². The molecule has 2 nitrogen and oxygen atoms in total. The Morgan fingerprint density at radius 2 is 1.93 bits per heavy atom. The summed E-state index contributed by atoms with van der Waals surface area (Å²) in [5.41, 5.74) is 0. The Kier molecular flexibility index (Phi) is 4.07. The van der Waals surface area contributed by atoms with Gasteiger partial charge in [-0.2, -0.15) is 13.2 Å². The third-order valence-corrected chi connectivity index (χ3v) is 1.77. The van der Waals surface area contributed by atoms with Crippen molar-refractivity contribution in [3.63, 3.8) is 0 Å². The number of rotatable bonds is 4. The molecule has 0 fully saturated rings. The zero-order valence-electron chi connectivity index (χ0n) is 7.97. The van der Waals surface area contributed by atoms with Gasteiger partial charge in [0.05, 0.1) is 7.05 Å². The van der Waals surface area contributed by atoms with Crippen LogP contribution in [0.4, 0.5) is 13.2 Å². The van der Waals surface area contributed by atoms with Gasteiger partial charge in [-0.15, -0.1) is 0 Å². The molecule has 0 rings (SSSR count). The van der Waals surface area contributed by atoms with Gasteiger partial charge in [0.25, 0.3) is 0 Å². The molecule has 1 unspecified atom stereocenters. The Balaban J connectivity index is 4.80. The summed E-state index contributed by atoms with van der Waals surface area (Å²) in [6.07, 6.45) is -2.20. The van der Waals surface area contributed by atoms with Gasteiger partial charge in [-0.25, -0.2) is 9.28 Å². The highest BCUT2D eigenvalue weighted by molar-refractivity contribution is 5.80. The maximum Gasteiger partial charge on any atom is 0.438 e. The summed E-state index contributed by atoms with van der Waals surface area (Å²) in [5, 5.41) is 0. The number of amides is 1. The number of hydrogen-bond donors (Lipinski definition) is 0. The van der Waals surface area contributed by atoms with Gasteiger partial charge in [0.2, 0.25) is 0 Å². The zero-order chi connectivity index (χ0) is 11.4. The summed E-state index contributed by atoms with van der Waals surface area (Å²) in [7, 11) is 1.21. The molecule has 0 aliphatic rings. The molecule has 5 heteroatoms. The predicted octanol–water partition coefficient (Wildman–Crippen LogP) is 1.89. The lowest BCUT2D eigenvalue weighted by Gasteiger charge is -2.29. The monoisotopic (exact) mass is 208 g/mol. The minimum atomic E-state index is -4.38. The minimum absolute atomic E-state index is 0.0651. The van der Waals surface area contributed by atoms with Crippen LogP contribution in [0, 0.1) is 0 Å². The molecule has 14 heavy (non-hydrogen) atoms. The van der Waals surface area contributed by atoms with Crippen molar-refractivity contribution in [1.29, 1.82) is 0 Å². The Morgan fingerprint density at radius 1 is 1.43 bits per heavy atom. The summed E-state index contributed by atoms with van der Waals surface area (Å²) in [6.45, 7) is 5.23. The Hall–Kier alpha value is -1.10. The van der Waals surface area contributed by atoms with Gasteiger partial charge in [-0.1, -0.05) is 13.2 Å². The van der Waals surface area contributed by atoms with Gasteiger partial charge in [-0.05, 0) is 6.08 Å². The summed E-state index contributed by atoms with van der Waals surface area (Å²) in [4.78, 5) is 11.2. The standard InChI is InChI=1S/C9H13F3NO/c1-4-6-13(3,8(14)5-2)7-9(10,11)12/h4-5H,1-2,6-7H2,3H3/q+1. The Bertz CT molecular complexity index is 247. The lowest BCUT2D eigenvalue weighted by Crippen LogP contribution is -2.53. The van der Waals surface area contributed by atoms with E-state index in [2.05, 4.69) is 13.2 Å².